The summed E-state index contributed by atoms with van der Waals surface area (Å²) in [6.45, 7) is 6.79. The number of carbonyl (C=O) groups excluding carboxylic acids is 1. The SMILES string of the molecule is CC(C)[C@H]1CNC(=O)N1c1ccnc(N[C@@H](C)c2cn(-c3ccc(Cl)cc3)cn2)n1. The summed E-state index contributed by atoms with van der Waals surface area (Å²) in [5, 5.41) is 6.86. The quantitative estimate of drug-likeness (QED) is 0.622. The molecule has 1 aromatic carbocycles. The van der Waals surface area contributed by atoms with Crippen molar-refractivity contribution in [2.45, 2.75) is 32.9 Å². The monoisotopic (exact) mass is 425 g/mol. The lowest BCUT2D eigenvalue weighted by atomic mass is 10.0. The third-order valence-electron chi connectivity index (χ3n) is 5.19. The first-order valence-corrected chi connectivity index (χ1v) is 10.3. The van der Waals surface area contributed by atoms with E-state index in [-0.39, 0.29) is 18.1 Å². The van der Waals surface area contributed by atoms with Gasteiger partial charge in [0.15, 0.2) is 0 Å². The van der Waals surface area contributed by atoms with Crippen LogP contribution in [0.5, 0.6) is 0 Å². The molecule has 4 rings (SSSR count). The maximum Gasteiger partial charge on any atom is 0.323 e. The number of rotatable bonds is 6. The fourth-order valence-electron chi connectivity index (χ4n) is 3.46. The van der Waals surface area contributed by atoms with Crippen LogP contribution < -0.4 is 15.5 Å². The molecule has 3 aromatic rings. The molecule has 2 atom stereocenters. The molecule has 9 heteroatoms. The molecule has 1 aliphatic rings. The van der Waals surface area contributed by atoms with Gasteiger partial charge < -0.3 is 15.2 Å². The smallest absolute Gasteiger partial charge is 0.323 e. The standard InChI is InChI=1S/C21H24ClN7O/c1-13(2)18-10-24-21(30)29(18)19-8-9-23-20(27-19)26-14(3)17-11-28(12-25-17)16-6-4-15(22)5-7-16/h4-9,11-14,18H,10H2,1-3H3,(H,24,30)(H,23,26,27)/t14-,18+/m0/s1. The third kappa shape index (κ3) is 4.09. The summed E-state index contributed by atoms with van der Waals surface area (Å²) < 4.78 is 1.93. The average Bonchev–Trinajstić information content (AvgIpc) is 3.36. The number of halogens is 1. The van der Waals surface area contributed by atoms with Gasteiger partial charge in [0.1, 0.15) is 5.82 Å². The van der Waals surface area contributed by atoms with Gasteiger partial charge in [-0.3, -0.25) is 4.90 Å². The minimum absolute atomic E-state index is 0.0627. The minimum atomic E-state index is -0.131. The van der Waals surface area contributed by atoms with Crippen molar-refractivity contribution < 1.29 is 4.79 Å². The predicted molar refractivity (Wildman–Crippen MR) is 117 cm³/mol. The van der Waals surface area contributed by atoms with E-state index >= 15 is 0 Å². The highest BCUT2D eigenvalue weighted by molar-refractivity contribution is 6.30. The van der Waals surface area contributed by atoms with Crippen LogP contribution in [0.3, 0.4) is 0 Å². The number of aromatic nitrogens is 4. The Morgan fingerprint density at radius 2 is 1.93 bits per heavy atom. The van der Waals surface area contributed by atoms with Crippen molar-refractivity contribution in [1.82, 2.24) is 24.8 Å². The number of amides is 2. The van der Waals surface area contributed by atoms with E-state index in [0.717, 1.165) is 11.4 Å². The number of imidazole rings is 1. The number of hydrogen-bond acceptors (Lipinski definition) is 5. The molecule has 30 heavy (non-hydrogen) atoms. The van der Waals surface area contributed by atoms with Crippen molar-refractivity contribution in [2.24, 2.45) is 5.92 Å². The Morgan fingerprint density at radius 3 is 2.67 bits per heavy atom. The summed E-state index contributed by atoms with van der Waals surface area (Å²) in [5.41, 5.74) is 1.82. The summed E-state index contributed by atoms with van der Waals surface area (Å²) in [4.78, 5) is 27.4. The zero-order valence-electron chi connectivity index (χ0n) is 17.1. The van der Waals surface area contributed by atoms with Crippen molar-refractivity contribution in [3.8, 4) is 5.69 Å². The van der Waals surface area contributed by atoms with Crippen LogP contribution in [0.4, 0.5) is 16.6 Å². The topological polar surface area (TPSA) is 88.0 Å². The van der Waals surface area contributed by atoms with Gasteiger partial charge in [-0.1, -0.05) is 25.4 Å². The molecule has 0 radical (unpaired) electrons. The van der Waals surface area contributed by atoms with Gasteiger partial charge in [-0.25, -0.2) is 14.8 Å². The number of hydrogen-bond donors (Lipinski definition) is 2. The van der Waals surface area contributed by atoms with Crippen LogP contribution in [-0.2, 0) is 0 Å². The van der Waals surface area contributed by atoms with E-state index in [1.165, 1.54) is 0 Å². The number of benzene rings is 1. The predicted octanol–water partition coefficient (Wildman–Crippen LogP) is 4.04. The zero-order chi connectivity index (χ0) is 21.3. The lowest BCUT2D eigenvalue weighted by molar-refractivity contribution is 0.251. The fraction of sp³-hybridized carbons (Fsp3) is 0.333. The second-order valence-electron chi connectivity index (χ2n) is 7.65. The van der Waals surface area contributed by atoms with Gasteiger partial charge in [-0.15, -0.1) is 0 Å². The lowest BCUT2D eigenvalue weighted by Gasteiger charge is -2.25. The van der Waals surface area contributed by atoms with Gasteiger partial charge in [0.05, 0.1) is 24.1 Å². The molecule has 0 aliphatic carbocycles. The minimum Gasteiger partial charge on any atom is -0.346 e. The summed E-state index contributed by atoms with van der Waals surface area (Å²) in [6, 6.07) is 9.12. The molecule has 3 heterocycles. The molecule has 1 fully saturated rings. The number of nitrogens with zero attached hydrogens (tertiary/aromatic N) is 5. The second-order valence-corrected chi connectivity index (χ2v) is 8.09. The van der Waals surface area contributed by atoms with Gasteiger partial charge in [0, 0.05) is 29.6 Å². The van der Waals surface area contributed by atoms with Gasteiger partial charge in [0.2, 0.25) is 5.95 Å². The Bertz CT molecular complexity index is 1030. The van der Waals surface area contributed by atoms with Crippen LogP contribution in [0.15, 0.2) is 49.1 Å². The van der Waals surface area contributed by atoms with Crippen LogP contribution >= 0.6 is 11.6 Å². The van der Waals surface area contributed by atoms with E-state index in [0.29, 0.717) is 29.3 Å². The number of anilines is 2. The Morgan fingerprint density at radius 1 is 1.17 bits per heavy atom. The van der Waals surface area contributed by atoms with Gasteiger partial charge in [-0.2, -0.15) is 4.98 Å². The zero-order valence-corrected chi connectivity index (χ0v) is 17.8. The highest BCUT2D eigenvalue weighted by Crippen LogP contribution is 2.24. The fourth-order valence-corrected chi connectivity index (χ4v) is 3.59. The Hall–Kier alpha value is -3.13. The summed E-state index contributed by atoms with van der Waals surface area (Å²) >= 11 is 5.96. The van der Waals surface area contributed by atoms with Crippen molar-refractivity contribution >= 4 is 29.4 Å². The average molecular weight is 426 g/mol. The van der Waals surface area contributed by atoms with E-state index in [9.17, 15) is 4.79 Å². The molecule has 2 aromatic heterocycles. The van der Waals surface area contributed by atoms with Crippen LogP contribution in [0.2, 0.25) is 5.02 Å². The molecular formula is C21H24ClN7O. The first-order chi connectivity index (χ1) is 14.4. The maximum absolute atomic E-state index is 12.3. The third-order valence-corrected chi connectivity index (χ3v) is 5.44. The molecule has 156 valence electrons. The number of carbonyl (C=O) groups is 1. The first kappa shape index (κ1) is 20.2. The highest BCUT2D eigenvalue weighted by Gasteiger charge is 2.34. The van der Waals surface area contributed by atoms with Crippen molar-refractivity contribution in [1.29, 1.82) is 0 Å². The Labute approximate surface area is 180 Å². The van der Waals surface area contributed by atoms with E-state index in [1.807, 2.05) is 42.0 Å². The largest absolute Gasteiger partial charge is 0.346 e. The van der Waals surface area contributed by atoms with E-state index in [2.05, 4.69) is 39.4 Å². The molecule has 0 saturated carbocycles. The normalized spacial score (nSPS) is 17.3. The van der Waals surface area contributed by atoms with Gasteiger partial charge in [0.25, 0.3) is 0 Å². The first-order valence-electron chi connectivity index (χ1n) is 9.89. The van der Waals surface area contributed by atoms with Crippen LogP contribution in [0.1, 0.15) is 32.5 Å². The Kier molecular flexibility index (Phi) is 5.59. The molecule has 0 spiro atoms. The molecule has 1 saturated heterocycles. The molecule has 1 aliphatic heterocycles. The Balaban J connectivity index is 1.50. The molecule has 0 bridgehead atoms. The molecular weight excluding hydrogens is 402 g/mol. The van der Waals surface area contributed by atoms with E-state index in [4.69, 9.17) is 11.6 Å². The van der Waals surface area contributed by atoms with Crippen LogP contribution in [0, 0.1) is 5.92 Å². The number of urea groups is 1. The van der Waals surface area contributed by atoms with Crippen molar-refractivity contribution in [3.05, 3.63) is 59.8 Å². The van der Waals surface area contributed by atoms with Gasteiger partial charge >= 0.3 is 6.03 Å². The lowest BCUT2D eigenvalue weighted by Crippen LogP contribution is -2.38. The van der Waals surface area contributed by atoms with E-state index in [1.54, 1.807) is 23.5 Å². The highest BCUT2D eigenvalue weighted by atomic mass is 35.5. The maximum atomic E-state index is 12.3. The summed E-state index contributed by atoms with van der Waals surface area (Å²) in [6.07, 6.45) is 5.37. The van der Waals surface area contributed by atoms with Gasteiger partial charge in [-0.05, 0) is 43.2 Å². The molecule has 8 nitrogen and oxygen atoms in total. The van der Waals surface area contributed by atoms with Crippen molar-refractivity contribution in [2.75, 3.05) is 16.8 Å². The van der Waals surface area contributed by atoms with Crippen LogP contribution in [-0.4, -0.2) is 38.1 Å². The van der Waals surface area contributed by atoms with E-state index < -0.39 is 0 Å². The summed E-state index contributed by atoms with van der Waals surface area (Å²) in [7, 11) is 0. The second kappa shape index (κ2) is 8.31. The molecule has 0 unspecified atom stereocenters. The summed E-state index contributed by atoms with van der Waals surface area (Å²) in [5.74, 6) is 1.34. The van der Waals surface area contributed by atoms with Crippen LogP contribution in [0.25, 0.3) is 5.69 Å². The number of nitrogens with one attached hydrogen (secondary N) is 2. The van der Waals surface area contributed by atoms with Crippen molar-refractivity contribution in [3.63, 3.8) is 0 Å². The molecule has 2 N–H and O–H groups in total. The molecule has 2 amide bonds.